The molecule has 0 aliphatic rings. The molecule has 0 aliphatic carbocycles. The summed E-state index contributed by atoms with van der Waals surface area (Å²) >= 11 is 0. The van der Waals surface area contributed by atoms with Gasteiger partial charge >= 0.3 is 5.97 Å². The molecule has 31 heavy (non-hydrogen) atoms. The SMILES string of the molecule is CCCC(CCC)[C@H](CC)OC(=O)C(Nc1cccc(C(=O)NC)c1)c1ccccc1. The largest absolute Gasteiger partial charge is 0.460 e. The molecule has 0 fully saturated rings. The van der Waals surface area contributed by atoms with Crippen molar-refractivity contribution >= 4 is 17.6 Å². The summed E-state index contributed by atoms with van der Waals surface area (Å²) in [6.07, 6.45) is 4.95. The van der Waals surface area contributed by atoms with E-state index < -0.39 is 6.04 Å². The zero-order chi connectivity index (χ0) is 22.6. The molecule has 0 radical (unpaired) electrons. The minimum atomic E-state index is -0.654. The predicted octanol–water partition coefficient (Wildman–Crippen LogP) is 5.74. The summed E-state index contributed by atoms with van der Waals surface area (Å²) in [4.78, 5) is 25.3. The molecule has 2 atom stereocenters. The average Bonchev–Trinajstić information content (AvgIpc) is 2.81. The summed E-state index contributed by atoms with van der Waals surface area (Å²) < 4.78 is 6.07. The maximum absolute atomic E-state index is 13.3. The molecule has 1 unspecified atom stereocenters. The number of rotatable bonds is 12. The topological polar surface area (TPSA) is 67.4 Å². The van der Waals surface area contributed by atoms with E-state index in [1.54, 1.807) is 25.2 Å². The Labute approximate surface area is 186 Å². The van der Waals surface area contributed by atoms with E-state index in [0.29, 0.717) is 17.2 Å². The van der Waals surface area contributed by atoms with Crippen molar-refractivity contribution in [2.75, 3.05) is 12.4 Å². The normalized spacial score (nSPS) is 12.8. The summed E-state index contributed by atoms with van der Waals surface area (Å²) in [6, 6.07) is 16.1. The Morgan fingerprint density at radius 2 is 1.61 bits per heavy atom. The van der Waals surface area contributed by atoms with Crippen LogP contribution in [-0.4, -0.2) is 25.0 Å². The van der Waals surface area contributed by atoms with E-state index in [1.807, 2.05) is 36.4 Å². The van der Waals surface area contributed by atoms with Gasteiger partial charge in [-0.05, 0) is 48.9 Å². The fourth-order valence-corrected chi connectivity index (χ4v) is 3.97. The summed E-state index contributed by atoms with van der Waals surface area (Å²) in [6.45, 7) is 6.42. The third-order valence-electron chi connectivity index (χ3n) is 5.55. The molecule has 2 aromatic rings. The first kappa shape index (κ1) is 24.4. The molecule has 0 heterocycles. The molecule has 0 aliphatic heterocycles. The van der Waals surface area contributed by atoms with Crippen molar-refractivity contribution in [3.63, 3.8) is 0 Å². The van der Waals surface area contributed by atoms with Crippen LogP contribution in [0.3, 0.4) is 0 Å². The number of carbonyl (C=O) groups excluding carboxylic acids is 2. The van der Waals surface area contributed by atoms with Gasteiger partial charge in [0, 0.05) is 18.3 Å². The second-order valence-corrected chi connectivity index (χ2v) is 7.87. The smallest absolute Gasteiger partial charge is 0.333 e. The molecule has 0 saturated carbocycles. The molecule has 2 rings (SSSR count). The first-order valence-electron chi connectivity index (χ1n) is 11.4. The lowest BCUT2D eigenvalue weighted by Gasteiger charge is -2.28. The van der Waals surface area contributed by atoms with Crippen LogP contribution in [0.2, 0.25) is 0 Å². The molecule has 5 nitrogen and oxygen atoms in total. The Kier molecular flexibility index (Phi) is 10.1. The number of benzene rings is 2. The van der Waals surface area contributed by atoms with E-state index in [-0.39, 0.29) is 18.0 Å². The van der Waals surface area contributed by atoms with Gasteiger partial charge in [0.2, 0.25) is 0 Å². The molecule has 168 valence electrons. The second-order valence-electron chi connectivity index (χ2n) is 7.87. The van der Waals surface area contributed by atoms with Crippen molar-refractivity contribution in [2.24, 2.45) is 5.92 Å². The van der Waals surface area contributed by atoms with Crippen LogP contribution in [0, 0.1) is 5.92 Å². The lowest BCUT2D eigenvalue weighted by atomic mass is 9.91. The van der Waals surface area contributed by atoms with Gasteiger partial charge in [0.15, 0.2) is 6.04 Å². The third kappa shape index (κ3) is 7.12. The van der Waals surface area contributed by atoms with E-state index in [1.165, 1.54) is 0 Å². The summed E-state index contributed by atoms with van der Waals surface area (Å²) in [5.41, 5.74) is 2.05. The van der Waals surface area contributed by atoms with Crippen molar-refractivity contribution < 1.29 is 14.3 Å². The number of hydrogen-bond acceptors (Lipinski definition) is 4. The fourth-order valence-electron chi connectivity index (χ4n) is 3.97. The Morgan fingerprint density at radius 3 is 2.19 bits per heavy atom. The van der Waals surface area contributed by atoms with Crippen molar-refractivity contribution in [1.29, 1.82) is 0 Å². The number of amides is 1. The van der Waals surface area contributed by atoms with Gasteiger partial charge in [0.1, 0.15) is 6.10 Å². The first-order valence-corrected chi connectivity index (χ1v) is 11.4. The molecule has 5 heteroatoms. The van der Waals surface area contributed by atoms with Gasteiger partial charge in [-0.15, -0.1) is 0 Å². The highest BCUT2D eigenvalue weighted by Crippen LogP contribution is 2.27. The van der Waals surface area contributed by atoms with Crippen LogP contribution in [0.1, 0.15) is 74.8 Å². The lowest BCUT2D eigenvalue weighted by Crippen LogP contribution is -2.32. The van der Waals surface area contributed by atoms with Crippen LogP contribution in [0.15, 0.2) is 54.6 Å². The van der Waals surface area contributed by atoms with E-state index in [9.17, 15) is 9.59 Å². The van der Waals surface area contributed by atoms with E-state index in [0.717, 1.165) is 37.7 Å². The molecule has 0 bridgehead atoms. The molecular weight excluding hydrogens is 388 g/mol. The lowest BCUT2D eigenvalue weighted by molar-refractivity contribution is -0.153. The second kappa shape index (κ2) is 12.8. The van der Waals surface area contributed by atoms with E-state index in [2.05, 4.69) is 31.4 Å². The van der Waals surface area contributed by atoms with Crippen LogP contribution in [0.4, 0.5) is 5.69 Å². The Balaban J connectivity index is 2.27. The van der Waals surface area contributed by atoms with Crippen LogP contribution in [0.25, 0.3) is 0 Å². The monoisotopic (exact) mass is 424 g/mol. The van der Waals surface area contributed by atoms with Gasteiger partial charge in [-0.2, -0.15) is 0 Å². The fraction of sp³-hybridized carbons (Fsp3) is 0.462. The quantitative estimate of drug-likeness (QED) is 0.427. The first-order chi connectivity index (χ1) is 15.0. The van der Waals surface area contributed by atoms with E-state index >= 15 is 0 Å². The van der Waals surface area contributed by atoms with Gasteiger partial charge in [0.25, 0.3) is 5.91 Å². The zero-order valence-corrected chi connectivity index (χ0v) is 19.2. The Bertz CT molecular complexity index is 816. The molecule has 0 saturated heterocycles. The molecular formula is C26H36N2O3. The highest BCUT2D eigenvalue weighted by molar-refractivity contribution is 5.95. The summed E-state index contributed by atoms with van der Waals surface area (Å²) in [5.74, 6) is -0.0898. The minimum Gasteiger partial charge on any atom is -0.460 e. The van der Waals surface area contributed by atoms with Gasteiger partial charge in [-0.1, -0.05) is 70.0 Å². The molecule has 2 aromatic carbocycles. The van der Waals surface area contributed by atoms with E-state index in [4.69, 9.17) is 4.74 Å². The van der Waals surface area contributed by atoms with Crippen molar-refractivity contribution in [3.05, 3.63) is 65.7 Å². The van der Waals surface area contributed by atoms with Crippen LogP contribution in [-0.2, 0) is 9.53 Å². The minimum absolute atomic E-state index is 0.0994. The maximum atomic E-state index is 13.3. The number of hydrogen-bond donors (Lipinski definition) is 2. The van der Waals surface area contributed by atoms with Gasteiger partial charge in [-0.3, -0.25) is 4.79 Å². The number of carbonyl (C=O) groups is 2. The maximum Gasteiger partial charge on any atom is 0.333 e. The van der Waals surface area contributed by atoms with Crippen molar-refractivity contribution in [2.45, 2.75) is 65.0 Å². The predicted molar refractivity (Wildman–Crippen MR) is 126 cm³/mol. The van der Waals surface area contributed by atoms with Gasteiger partial charge < -0.3 is 15.4 Å². The molecule has 0 aromatic heterocycles. The van der Waals surface area contributed by atoms with Gasteiger partial charge in [-0.25, -0.2) is 4.79 Å². The number of esters is 1. The van der Waals surface area contributed by atoms with Crippen LogP contribution >= 0.6 is 0 Å². The summed E-state index contributed by atoms with van der Waals surface area (Å²) in [5, 5.41) is 5.92. The summed E-state index contributed by atoms with van der Waals surface area (Å²) in [7, 11) is 1.60. The van der Waals surface area contributed by atoms with Crippen LogP contribution in [0.5, 0.6) is 0 Å². The molecule has 1 amide bonds. The highest BCUT2D eigenvalue weighted by atomic mass is 16.5. The standard InChI is InChI=1S/C26H36N2O3/c1-5-12-19(13-6-2)23(7-3)31-26(30)24(20-14-9-8-10-15-20)28-22-17-11-16-21(18-22)25(29)27-4/h8-11,14-19,23-24,28H,5-7,12-13H2,1-4H3,(H,27,29)/t23-,24?/m0/s1. The molecule has 2 N–H and O–H groups in total. The number of anilines is 1. The highest BCUT2D eigenvalue weighted by Gasteiger charge is 2.28. The third-order valence-corrected chi connectivity index (χ3v) is 5.55. The average molecular weight is 425 g/mol. The number of nitrogens with one attached hydrogen (secondary N) is 2. The zero-order valence-electron chi connectivity index (χ0n) is 19.2. The van der Waals surface area contributed by atoms with Crippen LogP contribution < -0.4 is 10.6 Å². The Hall–Kier alpha value is -2.82. The number of ether oxygens (including phenoxy) is 1. The van der Waals surface area contributed by atoms with Crippen molar-refractivity contribution in [1.82, 2.24) is 5.32 Å². The molecule has 0 spiro atoms. The Morgan fingerprint density at radius 1 is 0.935 bits per heavy atom. The van der Waals surface area contributed by atoms with Crippen molar-refractivity contribution in [3.8, 4) is 0 Å². The van der Waals surface area contributed by atoms with Gasteiger partial charge in [0.05, 0.1) is 0 Å².